The summed E-state index contributed by atoms with van der Waals surface area (Å²) in [7, 11) is 0. The molecule has 3 unspecified atom stereocenters. The van der Waals surface area contributed by atoms with Crippen LogP contribution in [0.5, 0.6) is 0 Å². The fraction of sp³-hybridized carbons (Fsp3) is 0.625. The highest BCUT2D eigenvalue weighted by molar-refractivity contribution is 8.00. The van der Waals surface area contributed by atoms with Gasteiger partial charge >= 0.3 is 0 Å². The van der Waals surface area contributed by atoms with Crippen molar-refractivity contribution in [2.45, 2.75) is 56.2 Å². The minimum absolute atomic E-state index is 0.138. The topological polar surface area (TPSA) is 26.0 Å². The van der Waals surface area contributed by atoms with Crippen molar-refractivity contribution >= 4 is 11.8 Å². The molecule has 1 aromatic rings. The molecule has 0 saturated heterocycles. The van der Waals surface area contributed by atoms with Gasteiger partial charge < -0.3 is 5.73 Å². The van der Waals surface area contributed by atoms with Crippen molar-refractivity contribution in [2.24, 2.45) is 17.6 Å². The van der Waals surface area contributed by atoms with Gasteiger partial charge in [0.15, 0.2) is 0 Å². The van der Waals surface area contributed by atoms with Gasteiger partial charge in [0.05, 0.1) is 0 Å². The van der Waals surface area contributed by atoms with E-state index in [4.69, 9.17) is 5.73 Å². The first-order valence-corrected chi connectivity index (χ1v) is 7.94. The molecule has 0 aliphatic heterocycles. The SMILES string of the molecule is CC1CC(C)CC(Sc2ccc(C(C)N)cc2)C1. The van der Waals surface area contributed by atoms with Crippen molar-refractivity contribution in [2.75, 3.05) is 0 Å². The first-order chi connectivity index (χ1) is 8.54. The van der Waals surface area contributed by atoms with Crippen LogP contribution < -0.4 is 5.73 Å². The number of hydrogen-bond acceptors (Lipinski definition) is 2. The molecule has 1 saturated carbocycles. The molecule has 0 radical (unpaired) electrons. The molecule has 0 amide bonds. The summed E-state index contributed by atoms with van der Waals surface area (Å²) in [4.78, 5) is 1.39. The summed E-state index contributed by atoms with van der Waals surface area (Å²) in [6, 6.07) is 8.94. The van der Waals surface area contributed by atoms with Crippen LogP contribution in [0.2, 0.25) is 0 Å². The maximum atomic E-state index is 5.88. The number of hydrogen-bond donors (Lipinski definition) is 1. The Morgan fingerprint density at radius 3 is 2.11 bits per heavy atom. The van der Waals surface area contributed by atoms with E-state index in [1.165, 1.54) is 29.7 Å². The number of nitrogens with two attached hydrogens (primary N) is 1. The summed E-state index contributed by atoms with van der Waals surface area (Å²) < 4.78 is 0. The van der Waals surface area contributed by atoms with Gasteiger partial charge in [0.25, 0.3) is 0 Å². The van der Waals surface area contributed by atoms with Gasteiger partial charge in [0.1, 0.15) is 0 Å². The highest BCUT2D eigenvalue weighted by atomic mass is 32.2. The smallest absolute Gasteiger partial charge is 0.0266 e. The van der Waals surface area contributed by atoms with Gasteiger partial charge in [0.2, 0.25) is 0 Å². The van der Waals surface area contributed by atoms with E-state index in [1.54, 1.807) is 0 Å². The van der Waals surface area contributed by atoms with Gasteiger partial charge in [-0.25, -0.2) is 0 Å². The summed E-state index contributed by atoms with van der Waals surface area (Å²) in [6.07, 6.45) is 4.13. The number of benzene rings is 1. The fourth-order valence-corrected chi connectivity index (χ4v) is 4.54. The molecule has 0 aromatic heterocycles. The van der Waals surface area contributed by atoms with Crippen LogP contribution in [0, 0.1) is 11.8 Å². The Morgan fingerprint density at radius 2 is 1.61 bits per heavy atom. The molecule has 2 N–H and O–H groups in total. The third kappa shape index (κ3) is 3.76. The lowest BCUT2D eigenvalue weighted by Gasteiger charge is -2.31. The standard InChI is InChI=1S/C16H25NS/c1-11-8-12(2)10-16(9-11)18-15-6-4-14(5-7-15)13(3)17/h4-7,11-13,16H,8-10,17H2,1-3H3. The van der Waals surface area contributed by atoms with Crippen molar-refractivity contribution in [1.29, 1.82) is 0 Å². The van der Waals surface area contributed by atoms with Crippen LogP contribution >= 0.6 is 11.8 Å². The van der Waals surface area contributed by atoms with Gasteiger partial charge in [0, 0.05) is 16.2 Å². The molecule has 2 rings (SSSR count). The van der Waals surface area contributed by atoms with Gasteiger partial charge in [-0.1, -0.05) is 26.0 Å². The average Bonchev–Trinajstić information content (AvgIpc) is 2.28. The van der Waals surface area contributed by atoms with Crippen LogP contribution in [0.3, 0.4) is 0 Å². The van der Waals surface area contributed by atoms with E-state index in [1.807, 2.05) is 6.92 Å². The van der Waals surface area contributed by atoms with Crippen molar-refractivity contribution in [1.82, 2.24) is 0 Å². The average molecular weight is 263 g/mol. The molecule has 1 aliphatic carbocycles. The van der Waals surface area contributed by atoms with E-state index in [9.17, 15) is 0 Å². The summed E-state index contributed by atoms with van der Waals surface area (Å²) in [5.41, 5.74) is 7.10. The predicted octanol–water partition coefficient (Wildman–Crippen LogP) is 4.62. The molecule has 0 spiro atoms. The van der Waals surface area contributed by atoms with Crippen molar-refractivity contribution in [3.8, 4) is 0 Å². The first kappa shape index (κ1) is 14.0. The van der Waals surface area contributed by atoms with Gasteiger partial charge in [-0.15, -0.1) is 11.8 Å². The van der Waals surface area contributed by atoms with E-state index in [0.717, 1.165) is 17.1 Å². The third-order valence-electron chi connectivity index (χ3n) is 3.84. The second-order valence-electron chi connectivity index (χ2n) is 6.02. The molecule has 1 fully saturated rings. The van der Waals surface area contributed by atoms with Crippen molar-refractivity contribution in [3.05, 3.63) is 29.8 Å². The predicted molar refractivity (Wildman–Crippen MR) is 80.9 cm³/mol. The molecular formula is C16H25NS. The Hall–Kier alpha value is -0.470. The zero-order valence-corrected chi connectivity index (χ0v) is 12.5. The van der Waals surface area contributed by atoms with Crippen molar-refractivity contribution < 1.29 is 0 Å². The Bertz CT molecular complexity index is 361. The van der Waals surface area contributed by atoms with E-state index < -0.39 is 0 Å². The lowest BCUT2D eigenvalue weighted by Crippen LogP contribution is -2.21. The lowest BCUT2D eigenvalue weighted by atomic mass is 9.83. The molecule has 18 heavy (non-hydrogen) atoms. The van der Waals surface area contributed by atoms with E-state index in [0.29, 0.717) is 0 Å². The van der Waals surface area contributed by atoms with Crippen LogP contribution in [-0.2, 0) is 0 Å². The Labute approximate surface area is 116 Å². The monoisotopic (exact) mass is 263 g/mol. The third-order valence-corrected chi connectivity index (χ3v) is 5.11. The van der Waals surface area contributed by atoms with Crippen LogP contribution in [0.1, 0.15) is 51.6 Å². The lowest BCUT2D eigenvalue weighted by molar-refractivity contribution is 0.309. The summed E-state index contributed by atoms with van der Waals surface area (Å²) in [6.45, 7) is 6.82. The minimum atomic E-state index is 0.138. The molecule has 100 valence electrons. The quantitative estimate of drug-likeness (QED) is 0.861. The van der Waals surface area contributed by atoms with E-state index >= 15 is 0 Å². The van der Waals surface area contributed by atoms with Gasteiger partial charge in [-0.2, -0.15) is 0 Å². The van der Waals surface area contributed by atoms with Crippen LogP contribution in [0.15, 0.2) is 29.2 Å². The zero-order valence-electron chi connectivity index (χ0n) is 11.7. The molecule has 3 atom stereocenters. The van der Waals surface area contributed by atoms with Gasteiger partial charge in [-0.05, 0) is 55.7 Å². The molecule has 1 aromatic carbocycles. The maximum absolute atomic E-state index is 5.88. The molecule has 0 heterocycles. The summed E-state index contributed by atoms with van der Waals surface area (Å²) in [5.74, 6) is 1.77. The summed E-state index contributed by atoms with van der Waals surface area (Å²) in [5, 5.41) is 0.796. The second-order valence-corrected chi connectivity index (χ2v) is 7.39. The highest BCUT2D eigenvalue weighted by Crippen LogP contribution is 2.38. The molecule has 2 heteroatoms. The largest absolute Gasteiger partial charge is 0.324 e. The zero-order chi connectivity index (χ0) is 13.1. The fourth-order valence-electron chi connectivity index (χ4n) is 3.01. The minimum Gasteiger partial charge on any atom is -0.324 e. The first-order valence-electron chi connectivity index (χ1n) is 7.06. The van der Waals surface area contributed by atoms with Crippen molar-refractivity contribution in [3.63, 3.8) is 0 Å². The molecular weight excluding hydrogens is 238 g/mol. The Morgan fingerprint density at radius 1 is 1.06 bits per heavy atom. The van der Waals surface area contributed by atoms with E-state index in [2.05, 4.69) is 49.9 Å². The van der Waals surface area contributed by atoms with Crippen LogP contribution in [0.4, 0.5) is 0 Å². The molecule has 1 aliphatic rings. The van der Waals surface area contributed by atoms with E-state index in [-0.39, 0.29) is 6.04 Å². The second kappa shape index (κ2) is 6.12. The Kier molecular flexibility index (Phi) is 4.74. The molecule has 1 nitrogen and oxygen atoms in total. The van der Waals surface area contributed by atoms with Crippen LogP contribution in [-0.4, -0.2) is 5.25 Å². The molecule has 0 bridgehead atoms. The number of thioether (sulfide) groups is 1. The van der Waals surface area contributed by atoms with Gasteiger partial charge in [-0.3, -0.25) is 0 Å². The van der Waals surface area contributed by atoms with Crippen LogP contribution in [0.25, 0.3) is 0 Å². The Balaban J connectivity index is 1.96. The maximum Gasteiger partial charge on any atom is 0.0266 e. The summed E-state index contributed by atoms with van der Waals surface area (Å²) >= 11 is 2.05. The highest BCUT2D eigenvalue weighted by Gasteiger charge is 2.24. The number of rotatable bonds is 3. The normalized spacial score (nSPS) is 30.1.